The predicted octanol–water partition coefficient (Wildman–Crippen LogP) is 5.84. The number of para-hydroxylation sites is 1. The van der Waals surface area contributed by atoms with Crippen molar-refractivity contribution in [3.8, 4) is 0 Å². The second kappa shape index (κ2) is 7.42. The maximum atomic E-state index is 11.5. The van der Waals surface area contributed by atoms with Gasteiger partial charge in [0.25, 0.3) is 0 Å². The Morgan fingerprint density at radius 2 is 2.00 bits per heavy atom. The zero-order valence-corrected chi connectivity index (χ0v) is 15.2. The number of nitrogens with one attached hydrogen (secondary N) is 1. The lowest BCUT2D eigenvalue weighted by molar-refractivity contribution is 0.590. The Bertz CT molecular complexity index is 978. The van der Waals surface area contributed by atoms with Gasteiger partial charge in [-0.25, -0.2) is 4.85 Å². The number of nitrogens with zero attached hydrogens (tertiary/aromatic N) is 2. The highest BCUT2D eigenvalue weighted by atomic mass is 31.1. The topological polar surface area (TPSA) is 46.4 Å². The van der Waals surface area contributed by atoms with Crippen LogP contribution in [-0.4, -0.2) is 17.8 Å². The molecule has 1 atom stereocenters. The molecule has 0 aliphatic heterocycles. The van der Waals surface area contributed by atoms with Gasteiger partial charge in [0.2, 0.25) is 5.69 Å². The molecule has 1 N–H and O–H groups in total. The monoisotopic (exact) mass is 348 g/mol. The van der Waals surface area contributed by atoms with Gasteiger partial charge in [0.1, 0.15) is 12.8 Å². The predicted molar refractivity (Wildman–Crippen MR) is 105 cm³/mol. The minimum Gasteiger partial charge on any atom is -0.364 e. The molecule has 0 amide bonds. The van der Waals surface area contributed by atoms with E-state index < -0.39 is 7.80 Å². The Labute approximate surface area is 148 Å². The van der Waals surface area contributed by atoms with Crippen LogP contribution in [0.15, 0.2) is 48.7 Å². The van der Waals surface area contributed by atoms with E-state index in [0.717, 1.165) is 39.8 Å². The van der Waals surface area contributed by atoms with E-state index in [-0.39, 0.29) is 0 Å². The van der Waals surface area contributed by atoms with Crippen LogP contribution in [0.4, 0.5) is 17.1 Å². The van der Waals surface area contributed by atoms with Crippen LogP contribution < -0.4 is 5.32 Å². The van der Waals surface area contributed by atoms with E-state index in [1.807, 2.05) is 43.3 Å². The fraction of sp³-hybridized carbons (Fsp3) is 0.200. The lowest BCUT2D eigenvalue weighted by Crippen LogP contribution is -1.97. The third-order valence-corrected chi connectivity index (χ3v) is 5.02. The van der Waals surface area contributed by atoms with Crippen LogP contribution in [0, 0.1) is 13.5 Å². The van der Waals surface area contributed by atoms with Crippen LogP contribution in [0.2, 0.25) is 0 Å². The molecule has 0 saturated carbocycles. The third kappa shape index (κ3) is 3.84. The van der Waals surface area contributed by atoms with Crippen LogP contribution in [0.25, 0.3) is 15.7 Å². The first-order valence-corrected chi connectivity index (χ1v) is 9.97. The first kappa shape index (κ1) is 17.1. The van der Waals surface area contributed by atoms with Crippen molar-refractivity contribution < 1.29 is 4.57 Å². The molecule has 0 spiro atoms. The van der Waals surface area contributed by atoms with E-state index in [9.17, 15) is 4.57 Å². The molecule has 4 nitrogen and oxygen atoms in total. The number of aromatic nitrogens is 1. The number of fused-ring (bicyclic) bond motifs is 1. The Kier molecular flexibility index (Phi) is 5.07. The molecular formula is C20H19N3OP+. The summed E-state index contributed by atoms with van der Waals surface area (Å²) in [6.45, 7) is 11.3. The number of anilines is 2. The summed E-state index contributed by atoms with van der Waals surface area (Å²) in [5.41, 5.74) is 5.34. The summed E-state index contributed by atoms with van der Waals surface area (Å²) >= 11 is 0. The SMILES string of the molecule is [C-]#[N+]c1cnc2cc(C)c(CC[P+](C)=O)cc2c1Nc1ccccc1. The summed E-state index contributed by atoms with van der Waals surface area (Å²) in [4.78, 5) is 8.06. The lowest BCUT2D eigenvalue weighted by atomic mass is 10.0. The van der Waals surface area contributed by atoms with Gasteiger partial charge in [-0.1, -0.05) is 22.8 Å². The number of hydrogen-bond donors (Lipinski definition) is 1. The van der Waals surface area contributed by atoms with Crippen LogP contribution in [0.3, 0.4) is 0 Å². The summed E-state index contributed by atoms with van der Waals surface area (Å²) in [6, 6.07) is 13.9. The van der Waals surface area contributed by atoms with Crippen molar-refractivity contribution in [3.63, 3.8) is 0 Å². The normalized spacial score (nSPS) is 11.2. The van der Waals surface area contributed by atoms with Gasteiger partial charge in [-0.3, -0.25) is 4.98 Å². The van der Waals surface area contributed by atoms with Gasteiger partial charge >= 0.3 is 7.80 Å². The molecule has 5 heteroatoms. The van der Waals surface area contributed by atoms with Gasteiger partial charge in [0.05, 0.1) is 17.8 Å². The van der Waals surface area contributed by atoms with Crippen molar-refractivity contribution >= 4 is 35.8 Å². The van der Waals surface area contributed by atoms with Gasteiger partial charge in [0.15, 0.2) is 0 Å². The molecule has 0 aliphatic carbocycles. The Morgan fingerprint density at radius 1 is 1.24 bits per heavy atom. The summed E-state index contributed by atoms with van der Waals surface area (Å²) in [5, 5.41) is 4.29. The fourth-order valence-electron chi connectivity index (χ4n) is 2.81. The van der Waals surface area contributed by atoms with E-state index in [0.29, 0.717) is 11.8 Å². The van der Waals surface area contributed by atoms with E-state index in [1.54, 1.807) is 12.9 Å². The summed E-state index contributed by atoms with van der Waals surface area (Å²) in [5.74, 6) is 0. The van der Waals surface area contributed by atoms with Crippen LogP contribution in [-0.2, 0) is 11.0 Å². The summed E-state index contributed by atoms with van der Waals surface area (Å²) in [7, 11) is -1.17. The van der Waals surface area contributed by atoms with E-state index >= 15 is 0 Å². The number of hydrogen-bond acceptors (Lipinski definition) is 3. The highest BCUT2D eigenvalue weighted by Crippen LogP contribution is 2.36. The molecule has 0 bridgehead atoms. The Morgan fingerprint density at radius 3 is 2.68 bits per heavy atom. The molecule has 3 rings (SSSR count). The minimum atomic E-state index is -1.17. The Balaban J connectivity index is 2.13. The quantitative estimate of drug-likeness (QED) is 0.465. The molecule has 1 heterocycles. The number of rotatable bonds is 5. The smallest absolute Gasteiger partial charge is 0.335 e. The second-order valence-corrected chi connectivity index (χ2v) is 7.72. The molecule has 0 radical (unpaired) electrons. The molecule has 0 fully saturated rings. The molecule has 25 heavy (non-hydrogen) atoms. The van der Waals surface area contributed by atoms with Gasteiger partial charge in [-0.2, -0.15) is 0 Å². The zero-order chi connectivity index (χ0) is 17.8. The first-order valence-electron chi connectivity index (χ1n) is 8.08. The standard InChI is InChI=1S/C20H19N3OP/c1-14-11-18-17(12-15(14)9-10-25(3)24)20(19(21-2)13-22-18)23-16-7-5-4-6-8-16/h4-8,11-13H,9-10H2,1,3H3,(H,22,23)/q+1. The van der Waals surface area contributed by atoms with Crippen molar-refractivity contribution in [1.29, 1.82) is 0 Å². The van der Waals surface area contributed by atoms with Gasteiger partial charge in [-0.15, -0.1) is 0 Å². The molecule has 0 saturated heterocycles. The summed E-state index contributed by atoms with van der Waals surface area (Å²) in [6.07, 6.45) is 3.04. The van der Waals surface area contributed by atoms with Crippen molar-refractivity contribution in [2.24, 2.45) is 0 Å². The molecule has 1 aromatic heterocycles. The lowest BCUT2D eigenvalue weighted by Gasteiger charge is -2.14. The molecular weight excluding hydrogens is 329 g/mol. The molecule has 0 aliphatic rings. The van der Waals surface area contributed by atoms with E-state index in [2.05, 4.69) is 21.2 Å². The maximum Gasteiger partial charge on any atom is 0.335 e. The molecule has 1 unspecified atom stereocenters. The molecule has 124 valence electrons. The van der Waals surface area contributed by atoms with Crippen LogP contribution in [0.5, 0.6) is 0 Å². The maximum absolute atomic E-state index is 11.5. The summed E-state index contributed by atoms with van der Waals surface area (Å²) < 4.78 is 11.5. The average Bonchev–Trinajstić information content (AvgIpc) is 2.61. The van der Waals surface area contributed by atoms with Crippen LogP contribution >= 0.6 is 7.80 Å². The largest absolute Gasteiger partial charge is 0.364 e. The van der Waals surface area contributed by atoms with Crippen molar-refractivity contribution in [2.75, 3.05) is 18.1 Å². The highest BCUT2D eigenvalue weighted by Gasteiger charge is 2.14. The van der Waals surface area contributed by atoms with Gasteiger partial charge < -0.3 is 5.32 Å². The van der Waals surface area contributed by atoms with E-state index in [4.69, 9.17) is 6.57 Å². The van der Waals surface area contributed by atoms with Crippen molar-refractivity contribution in [3.05, 3.63) is 71.2 Å². The van der Waals surface area contributed by atoms with Crippen molar-refractivity contribution in [2.45, 2.75) is 13.3 Å². The zero-order valence-electron chi connectivity index (χ0n) is 14.3. The number of aryl methyl sites for hydroxylation is 2. The number of benzene rings is 2. The third-order valence-electron chi connectivity index (χ3n) is 4.17. The van der Waals surface area contributed by atoms with Gasteiger partial charge in [-0.05, 0) is 42.3 Å². The van der Waals surface area contributed by atoms with Gasteiger partial charge in [0, 0.05) is 23.7 Å². The second-order valence-electron chi connectivity index (χ2n) is 6.02. The molecule has 3 aromatic rings. The van der Waals surface area contributed by atoms with Crippen molar-refractivity contribution in [1.82, 2.24) is 4.98 Å². The first-order chi connectivity index (χ1) is 12.1. The Hall–Kier alpha value is -2.76. The molecule has 2 aromatic carbocycles. The fourth-order valence-corrected chi connectivity index (χ4v) is 3.36. The number of pyridine rings is 1. The highest BCUT2D eigenvalue weighted by molar-refractivity contribution is 7.43. The van der Waals surface area contributed by atoms with E-state index in [1.165, 1.54) is 0 Å². The minimum absolute atomic E-state index is 0.493. The average molecular weight is 348 g/mol. The van der Waals surface area contributed by atoms with Crippen LogP contribution in [0.1, 0.15) is 11.1 Å².